The smallest absolute Gasteiger partial charge is 0.324 e. The second-order valence-electron chi connectivity index (χ2n) is 5.13. The van der Waals surface area contributed by atoms with Gasteiger partial charge in [-0.2, -0.15) is 0 Å². The second-order valence-corrected chi connectivity index (χ2v) is 5.13. The Hall–Kier alpha value is -2.57. The number of hydrogen-bond donors (Lipinski definition) is 3. The van der Waals surface area contributed by atoms with Crippen LogP contribution in [0, 0.1) is 0 Å². The molecule has 0 spiro atoms. The number of benzene rings is 1. The summed E-state index contributed by atoms with van der Waals surface area (Å²) in [4.78, 5) is 28.6. The van der Waals surface area contributed by atoms with Crippen molar-refractivity contribution < 1.29 is 9.59 Å². The van der Waals surface area contributed by atoms with E-state index < -0.39 is 0 Å². The first kappa shape index (κ1) is 16.8. The van der Waals surface area contributed by atoms with Crippen molar-refractivity contribution in [3.8, 4) is 0 Å². The number of hydrogen-bond acceptors (Lipinski definition) is 3. The van der Waals surface area contributed by atoms with Crippen LogP contribution in [-0.2, 0) is 11.2 Å². The summed E-state index contributed by atoms with van der Waals surface area (Å²) >= 11 is 0. The van der Waals surface area contributed by atoms with E-state index in [1.807, 2.05) is 25.1 Å². The summed E-state index contributed by atoms with van der Waals surface area (Å²) in [6.45, 7) is 4.29. The maximum atomic E-state index is 11.5. The van der Waals surface area contributed by atoms with Crippen molar-refractivity contribution in [3.63, 3.8) is 0 Å². The van der Waals surface area contributed by atoms with E-state index in [-0.39, 0.29) is 18.5 Å². The van der Waals surface area contributed by atoms with E-state index in [0.29, 0.717) is 25.6 Å². The van der Waals surface area contributed by atoms with Crippen LogP contribution in [0.3, 0.4) is 0 Å². The third kappa shape index (κ3) is 5.28. The molecule has 3 amide bonds. The molecule has 1 aliphatic rings. The SMILES string of the molecule is CCNC(=NCCc1ccccc1)NCCN1C(=O)CNC1=O. The fourth-order valence-corrected chi connectivity index (χ4v) is 2.25. The lowest BCUT2D eigenvalue weighted by atomic mass is 10.2. The maximum absolute atomic E-state index is 11.5. The Bertz CT molecular complexity index is 543. The van der Waals surface area contributed by atoms with Crippen molar-refractivity contribution in [3.05, 3.63) is 35.9 Å². The number of guanidine groups is 1. The van der Waals surface area contributed by atoms with Crippen molar-refractivity contribution in [1.82, 2.24) is 20.9 Å². The Morgan fingerprint density at radius 2 is 2.04 bits per heavy atom. The molecular formula is C16H23N5O2. The van der Waals surface area contributed by atoms with Crippen molar-refractivity contribution in [1.29, 1.82) is 0 Å². The largest absolute Gasteiger partial charge is 0.357 e. The van der Waals surface area contributed by atoms with Crippen LogP contribution >= 0.6 is 0 Å². The molecule has 0 unspecified atom stereocenters. The first-order valence-electron chi connectivity index (χ1n) is 7.85. The van der Waals surface area contributed by atoms with Crippen LogP contribution in [0.5, 0.6) is 0 Å². The number of urea groups is 1. The van der Waals surface area contributed by atoms with E-state index >= 15 is 0 Å². The molecule has 1 saturated heterocycles. The van der Waals surface area contributed by atoms with E-state index in [0.717, 1.165) is 13.0 Å². The minimum absolute atomic E-state index is 0.0874. The highest BCUT2D eigenvalue weighted by molar-refractivity contribution is 6.01. The highest BCUT2D eigenvalue weighted by atomic mass is 16.2. The van der Waals surface area contributed by atoms with Gasteiger partial charge < -0.3 is 16.0 Å². The van der Waals surface area contributed by atoms with Crippen LogP contribution in [0.4, 0.5) is 4.79 Å². The van der Waals surface area contributed by atoms with Gasteiger partial charge in [-0.25, -0.2) is 4.79 Å². The molecule has 0 aromatic heterocycles. The average Bonchev–Trinajstić information content (AvgIpc) is 2.88. The van der Waals surface area contributed by atoms with E-state index in [9.17, 15) is 9.59 Å². The van der Waals surface area contributed by atoms with Gasteiger partial charge in [-0.05, 0) is 18.9 Å². The first-order chi connectivity index (χ1) is 11.2. The fourth-order valence-electron chi connectivity index (χ4n) is 2.25. The molecule has 0 bridgehead atoms. The third-order valence-electron chi connectivity index (χ3n) is 3.42. The maximum Gasteiger partial charge on any atom is 0.324 e. The van der Waals surface area contributed by atoms with Crippen LogP contribution in [0.25, 0.3) is 0 Å². The predicted molar refractivity (Wildman–Crippen MR) is 89.2 cm³/mol. The fraction of sp³-hybridized carbons (Fsp3) is 0.438. The standard InChI is InChI=1S/C16H23N5O2/c1-2-17-15(18-9-8-13-6-4-3-5-7-13)19-10-11-21-14(22)12-20-16(21)23/h3-7H,2,8-12H2,1H3,(H,20,23)(H2,17,18,19). The molecule has 0 aliphatic carbocycles. The van der Waals surface area contributed by atoms with Crippen LogP contribution in [0.15, 0.2) is 35.3 Å². The molecule has 1 heterocycles. The number of carbonyl (C=O) groups is 2. The highest BCUT2D eigenvalue weighted by Crippen LogP contribution is 1.99. The molecule has 2 rings (SSSR count). The summed E-state index contributed by atoms with van der Waals surface area (Å²) < 4.78 is 0. The van der Waals surface area contributed by atoms with E-state index in [2.05, 4.69) is 33.1 Å². The molecular weight excluding hydrogens is 294 g/mol. The molecule has 0 atom stereocenters. The molecule has 3 N–H and O–H groups in total. The summed E-state index contributed by atoms with van der Waals surface area (Å²) in [5.74, 6) is 0.498. The topological polar surface area (TPSA) is 85.8 Å². The van der Waals surface area contributed by atoms with Crippen LogP contribution in [0.2, 0.25) is 0 Å². The Balaban J connectivity index is 1.77. The number of nitrogens with zero attached hydrogens (tertiary/aromatic N) is 2. The van der Waals surface area contributed by atoms with Crippen molar-refractivity contribution >= 4 is 17.9 Å². The number of rotatable bonds is 7. The molecule has 7 heteroatoms. The Kier molecular flexibility index (Phi) is 6.40. The minimum atomic E-state index is -0.331. The van der Waals surface area contributed by atoms with Gasteiger partial charge in [-0.15, -0.1) is 0 Å². The summed E-state index contributed by atoms with van der Waals surface area (Å²) in [5, 5.41) is 8.79. The molecule has 23 heavy (non-hydrogen) atoms. The van der Waals surface area contributed by atoms with Gasteiger partial charge in [0.1, 0.15) is 0 Å². The van der Waals surface area contributed by atoms with Crippen LogP contribution in [-0.4, -0.2) is 55.5 Å². The molecule has 1 aromatic rings. The predicted octanol–water partition coefficient (Wildman–Crippen LogP) is 0.336. The number of aliphatic imine (C=N–C) groups is 1. The summed E-state index contributed by atoms with van der Waals surface area (Å²) in [7, 11) is 0. The lowest BCUT2D eigenvalue weighted by Gasteiger charge is -2.15. The van der Waals surface area contributed by atoms with Gasteiger partial charge in [0.05, 0.1) is 6.54 Å². The van der Waals surface area contributed by atoms with Gasteiger partial charge in [0.25, 0.3) is 0 Å². The number of imide groups is 1. The van der Waals surface area contributed by atoms with Gasteiger partial charge >= 0.3 is 6.03 Å². The van der Waals surface area contributed by atoms with E-state index in [1.165, 1.54) is 10.5 Å². The molecule has 0 radical (unpaired) electrons. The molecule has 0 saturated carbocycles. The van der Waals surface area contributed by atoms with Gasteiger partial charge in [0.2, 0.25) is 5.91 Å². The van der Waals surface area contributed by atoms with Crippen molar-refractivity contribution in [2.24, 2.45) is 4.99 Å². The highest BCUT2D eigenvalue weighted by Gasteiger charge is 2.27. The zero-order valence-electron chi connectivity index (χ0n) is 13.3. The number of nitrogens with one attached hydrogen (secondary N) is 3. The molecule has 124 valence electrons. The minimum Gasteiger partial charge on any atom is -0.357 e. The first-order valence-corrected chi connectivity index (χ1v) is 7.85. The van der Waals surface area contributed by atoms with Crippen molar-refractivity contribution in [2.45, 2.75) is 13.3 Å². The molecule has 7 nitrogen and oxygen atoms in total. The lowest BCUT2D eigenvalue weighted by Crippen LogP contribution is -2.43. The van der Waals surface area contributed by atoms with Gasteiger partial charge in [-0.3, -0.25) is 14.7 Å². The molecule has 1 fully saturated rings. The summed E-state index contributed by atoms with van der Waals surface area (Å²) in [6, 6.07) is 9.85. The van der Waals surface area contributed by atoms with Gasteiger partial charge in [0, 0.05) is 26.2 Å². The third-order valence-corrected chi connectivity index (χ3v) is 3.42. The van der Waals surface area contributed by atoms with Crippen LogP contribution in [0.1, 0.15) is 12.5 Å². The normalized spacial score (nSPS) is 14.8. The Labute approximate surface area is 136 Å². The van der Waals surface area contributed by atoms with Gasteiger partial charge in [0.15, 0.2) is 5.96 Å². The second kappa shape index (κ2) is 8.77. The molecule has 1 aromatic carbocycles. The number of amides is 3. The summed E-state index contributed by atoms with van der Waals surface area (Å²) in [5.41, 5.74) is 1.24. The van der Waals surface area contributed by atoms with Gasteiger partial charge in [-0.1, -0.05) is 30.3 Å². The van der Waals surface area contributed by atoms with E-state index in [4.69, 9.17) is 0 Å². The zero-order valence-corrected chi connectivity index (χ0v) is 13.3. The van der Waals surface area contributed by atoms with Crippen LogP contribution < -0.4 is 16.0 Å². The van der Waals surface area contributed by atoms with Crippen molar-refractivity contribution in [2.75, 3.05) is 32.7 Å². The Morgan fingerprint density at radius 1 is 1.26 bits per heavy atom. The quantitative estimate of drug-likeness (QED) is 0.384. The summed E-state index contributed by atoms with van der Waals surface area (Å²) in [6.07, 6.45) is 0.866. The van der Waals surface area contributed by atoms with E-state index in [1.54, 1.807) is 0 Å². The Morgan fingerprint density at radius 3 is 2.70 bits per heavy atom. The zero-order chi connectivity index (χ0) is 16.5. The lowest BCUT2D eigenvalue weighted by molar-refractivity contribution is -0.124. The molecule has 1 aliphatic heterocycles. The monoisotopic (exact) mass is 317 g/mol. The number of carbonyl (C=O) groups excluding carboxylic acids is 2. The average molecular weight is 317 g/mol.